The lowest BCUT2D eigenvalue weighted by atomic mass is 10.1. The van der Waals surface area contributed by atoms with Gasteiger partial charge in [0.15, 0.2) is 0 Å². The van der Waals surface area contributed by atoms with E-state index >= 15 is 0 Å². The molecule has 1 N–H and O–H groups in total. The van der Waals surface area contributed by atoms with Crippen LogP contribution in [0.3, 0.4) is 0 Å². The number of aliphatic hydroxyl groups excluding tert-OH is 1. The summed E-state index contributed by atoms with van der Waals surface area (Å²) in [5, 5.41) is 9.13. The number of amides is 1. The summed E-state index contributed by atoms with van der Waals surface area (Å²) in [7, 11) is 0. The number of carbonyl (C=O) groups is 1. The topological polar surface area (TPSA) is 53.4 Å². The molecule has 1 aliphatic rings. The van der Waals surface area contributed by atoms with Crippen molar-refractivity contribution in [2.45, 2.75) is 31.6 Å². The number of aliphatic hydroxyl groups is 1. The molecule has 0 spiro atoms. The average molecular weight is 304 g/mol. The number of aromatic nitrogens is 1. The van der Waals surface area contributed by atoms with Crippen molar-refractivity contribution >= 4 is 17.7 Å². The SMILES string of the molecule is CC1SCCN(C(=O)c2ccc(C#CCCO)cn2)C1C. The first-order chi connectivity index (χ1) is 10.1. The zero-order valence-electron chi connectivity index (χ0n) is 12.4. The van der Waals surface area contributed by atoms with Crippen LogP contribution in [0.5, 0.6) is 0 Å². The van der Waals surface area contributed by atoms with E-state index < -0.39 is 0 Å². The molecule has 0 saturated carbocycles. The van der Waals surface area contributed by atoms with Crippen molar-refractivity contribution in [3.8, 4) is 11.8 Å². The molecular weight excluding hydrogens is 284 g/mol. The number of thioether (sulfide) groups is 1. The summed E-state index contributed by atoms with van der Waals surface area (Å²) in [5.41, 5.74) is 1.23. The van der Waals surface area contributed by atoms with Gasteiger partial charge in [0.1, 0.15) is 5.69 Å². The molecule has 1 aromatic heterocycles. The smallest absolute Gasteiger partial charge is 0.272 e. The average Bonchev–Trinajstić information content (AvgIpc) is 2.50. The molecule has 1 aliphatic heterocycles. The van der Waals surface area contributed by atoms with Crippen molar-refractivity contribution in [2.75, 3.05) is 18.9 Å². The van der Waals surface area contributed by atoms with Gasteiger partial charge in [-0.3, -0.25) is 4.79 Å². The molecule has 2 heterocycles. The molecule has 1 amide bonds. The largest absolute Gasteiger partial charge is 0.395 e. The summed E-state index contributed by atoms with van der Waals surface area (Å²) in [6.45, 7) is 5.07. The Morgan fingerprint density at radius 3 is 3.00 bits per heavy atom. The van der Waals surface area contributed by atoms with Crippen LogP contribution in [0.15, 0.2) is 18.3 Å². The van der Waals surface area contributed by atoms with Crippen LogP contribution in [-0.4, -0.2) is 51.1 Å². The van der Waals surface area contributed by atoms with Crippen molar-refractivity contribution < 1.29 is 9.90 Å². The maximum absolute atomic E-state index is 12.5. The van der Waals surface area contributed by atoms with E-state index in [-0.39, 0.29) is 18.6 Å². The quantitative estimate of drug-likeness (QED) is 0.846. The van der Waals surface area contributed by atoms with E-state index in [1.54, 1.807) is 18.3 Å². The monoisotopic (exact) mass is 304 g/mol. The lowest BCUT2D eigenvalue weighted by molar-refractivity contribution is 0.0692. The molecule has 0 bridgehead atoms. The second-order valence-corrected chi connectivity index (χ2v) is 6.51. The Morgan fingerprint density at radius 2 is 2.33 bits per heavy atom. The van der Waals surface area contributed by atoms with Crippen LogP contribution in [-0.2, 0) is 0 Å². The minimum Gasteiger partial charge on any atom is -0.395 e. The Labute approximate surface area is 129 Å². The van der Waals surface area contributed by atoms with E-state index in [0.717, 1.165) is 17.9 Å². The molecular formula is C16H20N2O2S. The van der Waals surface area contributed by atoms with Crippen molar-refractivity contribution in [3.63, 3.8) is 0 Å². The minimum absolute atomic E-state index is 0.00971. The molecule has 2 unspecified atom stereocenters. The van der Waals surface area contributed by atoms with Gasteiger partial charge < -0.3 is 10.0 Å². The fraction of sp³-hybridized carbons (Fsp3) is 0.500. The molecule has 0 aliphatic carbocycles. The summed E-state index contributed by atoms with van der Waals surface area (Å²) in [4.78, 5) is 18.6. The normalized spacial score (nSPS) is 21.6. The predicted molar refractivity (Wildman–Crippen MR) is 85.2 cm³/mol. The Balaban J connectivity index is 2.08. The third kappa shape index (κ3) is 3.99. The van der Waals surface area contributed by atoms with Gasteiger partial charge in [-0.25, -0.2) is 4.98 Å². The van der Waals surface area contributed by atoms with Crippen LogP contribution in [0.2, 0.25) is 0 Å². The molecule has 1 aromatic rings. The first-order valence-corrected chi connectivity index (χ1v) is 8.16. The Bertz CT molecular complexity index is 548. The predicted octanol–water partition coefficient (Wildman–Crippen LogP) is 1.78. The molecule has 1 fully saturated rings. The fourth-order valence-corrected chi connectivity index (χ4v) is 3.28. The number of carbonyl (C=O) groups excluding carboxylic acids is 1. The van der Waals surface area contributed by atoms with Gasteiger partial charge in [-0.2, -0.15) is 11.8 Å². The van der Waals surface area contributed by atoms with Crippen LogP contribution in [0.25, 0.3) is 0 Å². The van der Waals surface area contributed by atoms with Gasteiger partial charge in [-0.15, -0.1) is 0 Å². The van der Waals surface area contributed by atoms with Crippen LogP contribution in [0.1, 0.15) is 36.3 Å². The van der Waals surface area contributed by atoms with E-state index in [1.807, 2.05) is 16.7 Å². The van der Waals surface area contributed by atoms with Crippen molar-refractivity contribution in [1.82, 2.24) is 9.88 Å². The van der Waals surface area contributed by atoms with Gasteiger partial charge in [0.25, 0.3) is 5.91 Å². The molecule has 5 heteroatoms. The molecule has 21 heavy (non-hydrogen) atoms. The summed E-state index contributed by atoms with van der Waals surface area (Å²) in [5.74, 6) is 6.71. The number of rotatable bonds is 2. The van der Waals surface area contributed by atoms with E-state index in [2.05, 4.69) is 30.7 Å². The van der Waals surface area contributed by atoms with Crippen molar-refractivity contribution in [1.29, 1.82) is 0 Å². The van der Waals surface area contributed by atoms with Gasteiger partial charge >= 0.3 is 0 Å². The van der Waals surface area contributed by atoms with Gasteiger partial charge in [0.2, 0.25) is 0 Å². The minimum atomic E-state index is -0.00971. The highest BCUT2D eigenvalue weighted by molar-refractivity contribution is 8.00. The molecule has 4 nitrogen and oxygen atoms in total. The molecule has 0 aromatic carbocycles. The second kappa shape index (κ2) is 7.48. The van der Waals surface area contributed by atoms with E-state index in [4.69, 9.17) is 5.11 Å². The second-order valence-electron chi connectivity index (χ2n) is 5.02. The lowest BCUT2D eigenvalue weighted by Crippen LogP contribution is -2.48. The molecule has 0 radical (unpaired) electrons. The highest BCUT2D eigenvalue weighted by Crippen LogP contribution is 2.25. The number of pyridine rings is 1. The number of hydrogen-bond donors (Lipinski definition) is 1. The fourth-order valence-electron chi connectivity index (χ4n) is 2.18. The zero-order valence-corrected chi connectivity index (χ0v) is 13.2. The molecule has 2 atom stereocenters. The maximum Gasteiger partial charge on any atom is 0.272 e. The number of nitrogens with zero attached hydrogens (tertiary/aromatic N) is 2. The molecule has 112 valence electrons. The van der Waals surface area contributed by atoms with Gasteiger partial charge in [-0.1, -0.05) is 18.8 Å². The van der Waals surface area contributed by atoms with Crippen LogP contribution in [0, 0.1) is 11.8 Å². The highest BCUT2D eigenvalue weighted by Gasteiger charge is 2.29. The first kappa shape index (κ1) is 15.9. The van der Waals surface area contributed by atoms with Crippen LogP contribution >= 0.6 is 11.8 Å². The zero-order chi connectivity index (χ0) is 15.2. The van der Waals surface area contributed by atoms with E-state index in [0.29, 0.717) is 17.4 Å². The van der Waals surface area contributed by atoms with Gasteiger partial charge in [-0.05, 0) is 19.1 Å². The van der Waals surface area contributed by atoms with E-state index in [9.17, 15) is 4.79 Å². The van der Waals surface area contributed by atoms with Gasteiger partial charge in [0, 0.05) is 41.8 Å². The van der Waals surface area contributed by atoms with Gasteiger partial charge in [0.05, 0.1) is 6.61 Å². The summed E-state index contributed by atoms with van der Waals surface area (Å²) >= 11 is 1.90. The van der Waals surface area contributed by atoms with Crippen LogP contribution in [0.4, 0.5) is 0 Å². The Kier molecular flexibility index (Phi) is 5.66. The summed E-state index contributed by atoms with van der Waals surface area (Å²) in [6.07, 6.45) is 2.06. The van der Waals surface area contributed by atoms with Crippen molar-refractivity contribution in [3.05, 3.63) is 29.6 Å². The summed E-state index contributed by atoms with van der Waals surface area (Å²) < 4.78 is 0. The van der Waals surface area contributed by atoms with E-state index in [1.165, 1.54) is 0 Å². The standard InChI is InChI=1S/C16H20N2O2S/c1-12-13(2)21-10-8-18(12)16(20)15-7-6-14(11-17-15)5-3-4-9-19/h6-7,11-13,19H,4,8-10H2,1-2H3. The third-order valence-corrected chi connectivity index (χ3v) is 4.93. The Hall–Kier alpha value is -1.51. The maximum atomic E-state index is 12.5. The number of hydrogen-bond acceptors (Lipinski definition) is 4. The third-order valence-electron chi connectivity index (χ3n) is 3.60. The summed E-state index contributed by atoms with van der Waals surface area (Å²) in [6, 6.07) is 3.75. The highest BCUT2D eigenvalue weighted by atomic mass is 32.2. The van der Waals surface area contributed by atoms with Crippen molar-refractivity contribution in [2.24, 2.45) is 0 Å². The van der Waals surface area contributed by atoms with Crippen LogP contribution < -0.4 is 0 Å². The first-order valence-electron chi connectivity index (χ1n) is 7.12. The lowest BCUT2D eigenvalue weighted by Gasteiger charge is -2.37. The Morgan fingerprint density at radius 1 is 1.52 bits per heavy atom. The molecule has 2 rings (SSSR count). The molecule has 1 saturated heterocycles.